The summed E-state index contributed by atoms with van der Waals surface area (Å²) >= 11 is 3.24. The normalized spacial score (nSPS) is 24.8. The van der Waals surface area contributed by atoms with Gasteiger partial charge in [-0.1, -0.05) is 18.7 Å². The van der Waals surface area contributed by atoms with E-state index < -0.39 is 39.5 Å². The van der Waals surface area contributed by atoms with Gasteiger partial charge in [0.2, 0.25) is 15.9 Å². The molecule has 1 aromatic heterocycles. The van der Waals surface area contributed by atoms with Gasteiger partial charge in [-0.3, -0.25) is 9.69 Å². The number of pyridine rings is 1. The standard InChI is InChI=1S/C19H23BrN4O5S/c1-3-5-8-30(28,29)21-11-19-9-13(24(18(26)27)14(19)10-19)17(25)23-16-12(4-2)6-7-15(20)22-16/h3-4,6-7,13-14,21H,1-2,5,8-11H2,(H,26,27)(H,22,23,25)/t13-,14+,19-/m0/s1. The Labute approximate surface area is 183 Å². The van der Waals surface area contributed by atoms with Crippen LogP contribution in [0.2, 0.25) is 0 Å². The van der Waals surface area contributed by atoms with Gasteiger partial charge in [0, 0.05) is 23.6 Å². The smallest absolute Gasteiger partial charge is 0.408 e. The van der Waals surface area contributed by atoms with Crippen molar-refractivity contribution in [2.75, 3.05) is 17.6 Å². The molecule has 1 aliphatic heterocycles. The van der Waals surface area contributed by atoms with Gasteiger partial charge in [0.25, 0.3) is 0 Å². The average molecular weight is 499 g/mol. The molecule has 0 radical (unpaired) electrons. The largest absolute Gasteiger partial charge is 0.465 e. The molecule has 0 aromatic carbocycles. The highest BCUT2D eigenvalue weighted by molar-refractivity contribution is 9.10. The average Bonchev–Trinajstić information content (AvgIpc) is 3.28. The second kappa shape index (κ2) is 8.48. The summed E-state index contributed by atoms with van der Waals surface area (Å²) in [5.74, 6) is -0.315. The molecule has 30 heavy (non-hydrogen) atoms. The van der Waals surface area contributed by atoms with Crippen LogP contribution in [0.25, 0.3) is 6.08 Å². The van der Waals surface area contributed by atoms with Crippen molar-refractivity contribution in [3.8, 4) is 0 Å². The van der Waals surface area contributed by atoms with E-state index in [1.54, 1.807) is 12.1 Å². The molecule has 9 nitrogen and oxygen atoms in total. The lowest BCUT2D eigenvalue weighted by molar-refractivity contribution is -0.120. The Morgan fingerprint density at radius 1 is 1.37 bits per heavy atom. The number of allylic oxidation sites excluding steroid dienone is 1. The lowest BCUT2D eigenvalue weighted by atomic mass is 9.99. The van der Waals surface area contributed by atoms with E-state index >= 15 is 0 Å². The van der Waals surface area contributed by atoms with E-state index in [1.165, 1.54) is 12.2 Å². The molecular formula is C19H23BrN4O5S. The number of sulfonamides is 1. The number of halogens is 1. The lowest BCUT2D eigenvalue weighted by Crippen LogP contribution is -2.45. The van der Waals surface area contributed by atoms with Crippen molar-refractivity contribution in [1.29, 1.82) is 0 Å². The van der Waals surface area contributed by atoms with Crippen LogP contribution in [0.4, 0.5) is 10.6 Å². The fraction of sp³-hybridized carbons (Fsp3) is 0.421. The van der Waals surface area contributed by atoms with Crippen molar-refractivity contribution in [2.24, 2.45) is 5.41 Å². The molecule has 0 bridgehead atoms. The van der Waals surface area contributed by atoms with Gasteiger partial charge in [0.1, 0.15) is 16.5 Å². The predicted molar refractivity (Wildman–Crippen MR) is 116 cm³/mol. The van der Waals surface area contributed by atoms with E-state index in [1.807, 2.05) is 0 Å². The van der Waals surface area contributed by atoms with Crippen LogP contribution in [0, 0.1) is 5.41 Å². The van der Waals surface area contributed by atoms with E-state index in [4.69, 9.17) is 0 Å². The van der Waals surface area contributed by atoms with Crippen LogP contribution in [-0.4, -0.2) is 59.8 Å². The third kappa shape index (κ3) is 4.57. The first-order valence-electron chi connectivity index (χ1n) is 9.32. The maximum absolute atomic E-state index is 12.9. The zero-order valence-corrected chi connectivity index (χ0v) is 18.6. The lowest BCUT2D eigenvalue weighted by Gasteiger charge is -2.24. The van der Waals surface area contributed by atoms with Gasteiger partial charge in [0.05, 0.1) is 5.75 Å². The number of carboxylic acid groups (broad SMARTS) is 1. The molecule has 162 valence electrons. The first kappa shape index (κ1) is 22.4. The van der Waals surface area contributed by atoms with Crippen molar-refractivity contribution >= 4 is 49.8 Å². The Bertz CT molecular complexity index is 999. The topological polar surface area (TPSA) is 129 Å². The van der Waals surface area contributed by atoms with Crippen LogP contribution < -0.4 is 10.0 Å². The van der Waals surface area contributed by atoms with Crippen LogP contribution >= 0.6 is 15.9 Å². The highest BCUT2D eigenvalue weighted by Gasteiger charge is 2.67. The number of piperidine rings is 1. The number of likely N-dealkylation sites (tertiary alicyclic amines) is 1. The number of anilines is 1. The Kier molecular flexibility index (Phi) is 6.34. The van der Waals surface area contributed by atoms with Gasteiger partial charge in [-0.05, 0) is 47.3 Å². The number of aromatic nitrogens is 1. The Morgan fingerprint density at radius 2 is 2.10 bits per heavy atom. The van der Waals surface area contributed by atoms with Crippen LogP contribution in [0.3, 0.4) is 0 Å². The summed E-state index contributed by atoms with van der Waals surface area (Å²) in [4.78, 5) is 30.1. The fourth-order valence-corrected chi connectivity index (χ4v) is 5.30. The summed E-state index contributed by atoms with van der Waals surface area (Å²) in [6.45, 7) is 7.29. The summed E-state index contributed by atoms with van der Waals surface area (Å²) in [6.07, 6.45) is 2.92. The number of rotatable bonds is 9. The molecule has 0 unspecified atom stereocenters. The third-order valence-electron chi connectivity index (χ3n) is 5.53. The van der Waals surface area contributed by atoms with Gasteiger partial charge in [-0.2, -0.15) is 0 Å². The number of carbonyl (C=O) groups excluding carboxylic acids is 1. The van der Waals surface area contributed by atoms with E-state index in [0.717, 1.165) is 4.90 Å². The minimum atomic E-state index is -3.49. The molecule has 1 aromatic rings. The molecule has 2 aliphatic rings. The summed E-state index contributed by atoms with van der Waals surface area (Å²) in [6, 6.07) is 2.09. The summed E-state index contributed by atoms with van der Waals surface area (Å²) in [5.41, 5.74) is 0.0226. The van der Waals surface area contributed by atoms with E-state index in [0.29, 0.717) is 23.0 Å². The van der Waals surface area contributed by atoms with Crippen molar-refractivity contribution in [1.82, 2.24) is 14.6 Å². The molecule has 1 saturated heterocycles. The maximum Gasteiger partial charge on any atom is 0.408 e. The molecule has 1 saturated carbocycles. The number of hydrogen-bond donors (Lipinski definition) is 3. The van der Waals surface area contributed by atoms with E-state index in [2.05, 4.69) is 44.1 Å². The number of hydrogen-bond acceptors (Lipinski definition) is 5. The van der Waals surface area contributed by atoms with Gasteiger partial charge in [-0.15, -0.1) is 6.58 Å². The quantitative estimate of drug-likeness (QED) is 0.354. The second-order valence-corrected chi connectivity index (χ2v) is 10.2. The maximum atomic E-state index is 12.9. The van der Waals surface area contributed by atoms with Crippen molar-refractivity contribution < 1.29 is 23.1 Å². The highest BCUT2D eigenvalue weighted by Crippen LogP contribution is 2.59. The number of carbonyl (C=O) groups is 2. The number of fused-ring (bicyclic) bond motifs is 1. The van der Waals surface area contributed by atoms with Crippen molar-refractivity contribution in [2.45, 2.75) is 31.3 Å². The number of nitrogens with one attached hydrogen (secondary N) is 2. The second-order valence-electron chi connectivity index (χ2n) is 7.47. The van der Waals surface area contributed by atoms with Gasteiger partial charge in [-0.25, -0.2) is 22.9 Å². The first-order chi connectivity index (χ1) is 14.1. The molecule has 11 heteroatoms. The molecule has 3 N–H and O–H groups in total. The van der Waals surface area contributed by atoms with E-state index in [-0.39, 0.29) is 24.5 Å². The minimum Gasteiger partial charge on any atom is -0.465 e. The van der Waals surface area contributed by atoms with Gasteiger partial charge >= 0.3 is 6.09 Å². The summed E-state index contributed by atoms with van der Waals surface area (Å²) < 4.78 is 27.2. The molecule has 2 amide bonds. The molecule has 2 fully saturated rings. The highest BCUT2D eigenvalue weighted by atomic mass is 79.9. The Balaban J connectivity index is 1.74. The van der Waals surface area contributed by atoms with Crippen LogP contribution in [-0.2, 0) is 14.8 Å². The summed E-state index contributed by atoms with van der Waals surface area (Å²) in [5, 5.41) is 12.3. The van der Waals surface area contributed by atoms with Gasteiger partial charge in [0.15, 0.2) is 0 Å². The fourth-order valence-electron chi connectivity index (χ4n) is 3.86. The molecular weight excluding hydrogens is 476 g/mol. The molecule has 2 heterocycles. The Morgan fingerprint density at radius 3 is 2.73 bits per heavy atom. The van der Waals surface area contributed by atoms with Crippen molar-refractivity contribution in [3.05, 3.63) is 41.5 Å². The molecule has 1 aliphatic carbocycles. The molecule has 0 spiro atoms. The summed E-state index contributed by atoms with van der Waals surface area (Å²) in [7, 11) is -3.49. The van der Waals surface area contributed by atoms with Gasteiger partial charge < -0.3 is 10.4 Å². The number of amides is 2. The Hall–Kier alpha value is -2.24. The van der Waals surface area contributed by atoms with E-state index in [9.17, 15) is 23.1 Å². The molecule has 3 rings (SSSR count). The zero-order chi connectivity index (χ0) is 22.1. The first-order valence-corrected chi connectivity index (χ1v) is 11.8. The monoisotopic (exact) mass is 498 g/mol. The van der Waals surface area contributed by atoms with Crippen LogP contribution in [0.15, 0.2) is 36.0 Å². The third-order valence-corrected chi connectivity index (χ3v) is 7.33. The SMILES string of the molecule is C=CCCS(=O)(=O)NC[C@@]12C[C@@H](C(=O)Nc3nc(Br)ccc3C=C)N(C(=O)O)[C@@H]1C2. The predicted octanol–water partition coefficient (Wildman–Crippen LogP) is 2.43. The van der Waals surface area contributed by atoms with Crippen molar-refractivity contribution in [3.63, 3.8) is 0 Å². The number of nitrogens with zero attached hydrogens (tertiary/aromatic N) is 2. The van der Waals surface area contributed by atoms with Crippen LogP contribution in [0.5, 0.6) is 0 Å². The minimum absolute atomic E-state index is 0.0807. The molecule has 3 atom stereocenters. The zero-order valence-electron chi connectivity index (χ0n) is 16.2. The van der Waals surface area contributed by atoms with Crippen LogP contribution in [0.1, 0.15) is 24.8 Å².